The van der Waals surface area contributed by atoms with E-state index < -0.39 is 55.0 Å². The van der Waals surface area contributed by atoms with Gasteiger partial charge in [-0.25, -0.2) is 0 Å². The second kappa shape index (κ2) is 11.5. The van der Waals surface area contributed by atoms with Crippen LogP contribution in [0.3, 0.4) is 0 Å². The second-order valence-electron chi connectivity index (χ2n) is 9.43. The fraction of sp³-hybridized carbons (Fsp3) is 0.520. The first-order valence-corrected chi connectivity index (χ1v) is 12.7. The Morgan fingerprint density at radius 2 is 1.68 bits per heavy atom. The van der Waals surface area contributed by atoms with Crippen molar-refractivity contribution in [1.29, 1.82) is 0 Å². The Morgan fingerprint density at radius 3 is 2.38 bits per heavy atom. The van der Waals surface area contributed by atoms with Crippen LogP contribution in [0.25, 0.3) is 0 Å². The third-order valence-corrected chi connectivity index (χ3v) is 7.79. The molecule has 0 bridgehead atoms. The average molecular weight is 545 g/mol. The van der Waals surface area contributed by atoms with Gasteiger partial charge in [-0.05, 0) is 43.8 Å². The van der Waals surface area contributed by atoms with Crippen LogP contribution in [0.4, 0.5) is 24.5 Å². The number of halogens is 3. The summed E-state index contributed by atoms with van der Waals surface area (Å²) in [6.45, 7) is 0.0674. The predicted molar refractivity (Wildman–Crippen MR) is 131 cm³/mol. The van der Waals surface area contributed by atoms with Crippen LogP contribution in [0.1, 0.15) is 12.0 Å². The summed E-state index contributed by atoms with van der Waals surface area (Å²) in [6, 6.07) is 10.9. The van der Waals surface area contributed by atoms with Crippen LogP contribution < -0.4 is 4.90 Å². The summed E-state index contributed by atoms with van der Waals surface area (Å²) in [7, 11) is 1.74. The van der Waals surface area contributed by atoms with Crippen molar-refractivity contribution in [2.45, 2.75) is 59.0 Å². The first kappa shape index (κ1) is 28.1. The summed E-state index contributed by atoms with van der Waals surface area (Å²) in [5.41, 5.74) is 0.325. The number of anilines is 2. The Hall–Kier alpha value is -1.90. The van der Waals surface area contributed by atoms with Gasteiger partial charge in [-0.1, -0.05) is 23.9 Å². The molecule has 4 rings (SSSR count). The highest BCUT2D eigenvalue weighted by molar-refractivity contribution is 7.99. The van der Waals surface area contributed by atoms with E-state index >= 15 is 0 Å². The van der Waals surface area contributed by atoms with E-state index in [1.54, 1.807) is 29.0 Å². The lowest BCUT2D eigenvalue weighted by Gasteiger charge is -2.40. The molecule has 8 nitrogen and oxygen atoms in total. The molecule has 0 aromatic heterocycles. The van der Waals surface area contributed by atoms with Crippen molar-refractivity contribution >= 4 is 23.1 Å². The summed E-state index contributed by atoms with van der Waals surface area (Å²) < 4.78 is 45.8. The highest BCUT2D eigenvalue weighted by Crippen LogP contribution is 2.49. The number of hydrogen-bond donors (Lipinski definition) is 5. The first-order chi connectivity index (χ1) is 17.5. The van der Waals surface area contributed by atoms with Crippen LogP contribution in [-0.4, -0.2) is 100 Å². The minimum Gasteiger partial charge on any atom is -0.394 e. The molecule has 6 atom stereocenters. The molecule has 0 spiro atoms. The molecular weight excluding hydrogens is 513 g/mol. The van der Waals surface area contributed by atoms with Gasteiger partial charge in [-0.3, -0.25) is 0 Å². The third-order valence-electron chi connectivity index (χ3n) is 6.66. The number of rotatable bonds is 8. The molecule has 204 valence electrons. The van der Waals surface area contributed by atoms with Gasteiger partial charge < -0.3 is 40.1 Å². The molecule has 12 heteroatoms. The molecule has 2 heterocycles. The van der Waals surface area contributed by atoms with E-state index in [2.05, 4.69) is 0 Å². The van der Waals surface area contributed by atoms with Crippen molar-refractivity contribution in [1.82, 2.24) is 4.90 Å². The van der Waals surface area contributed by atoms with Gasteiger partial charge in [0.25, 0.3) is 0 Å². The quantitative estimate of drug-likeness (QED) is 0.339. The van der Waals surface area contributed by atoms with Crippen molar-refractivity contribution in [2.75, 3.05) is 38.2 Å². The highest BCUT2D eigenvalue weighted by atomic mass is 32.2. The lowest BCUT2D eigenvalue weighted by Crippen LogP contribution is -2.58. The lowest BCUT2D eigenvalue weighted by atomic mass is 9.93. The van der Waals surface area contributed by atoms with Gasteiger partial charge in [0.1, 0.15) is 24.4 Å². The summed E-state index contributed by atoms with van der Waals surface area (Å²) in [5.74, 6) is 0. The molecule has 0 saturated carbocycles. The number of ether oxygens (including phenoxy) is 1. The monoisotopic (exact) mass is 544 g/mol. The minimum atomic E-state index is -4.49. The molecule has 6 unspecified atom stereocenters. The minimum absolute atomic E-state index is 0.0519. The number of fused-ring (bicyclic) bond motifs is 2. The van der Waals surface area contributed by atoms with Crippen molar-refractivity contribution in [3.05, 3.63) is 48.0 Å². The van der Waals surface area contributed by atoms with Crippen molar-refractivity contribution in [3.8, 4) is 0 Å². The van der Waals surface area contributed by atoms with Crippen molar-refractivity contribution in [2.24, 2.45) is 0 Å². The van der Waals surface area contributed by atoms with E-state index in [9.17, 15) is 38.7 Å². The summed E-state index contributed by atoms with van der Waals surface area (Å²) >= 11 is 1.38. The molecule has 2 aliphatic heterocycles. The number of likely N-dealkylation sites (N-methyl/N-ethyl adjacent to an activating group) is 1. The molecule has 0 amide bonds. The topological polar surface area (TPSA) is 117 Å². The fourth-order valence-electron chi connectivity index (χ4n) is 4.69. The zero-order valence-corrected chi connectivity index (χ0v) is 20.9. The zero-order chi connectivity index (χ0) is 26.9. The number of aliphatic hydroxyl groups excluding tert-OH is 5. The fourth-order valence-corrected chi connectivity index (χ4v) is 5.76. The smallest absolute Gasteiger partial charge is 0.394 e. The van der Waals surface area contributed by atoms with E-state index in [4.69, 9.17) is 4.74 Å². The number of aliphatic hydroxyl groups is 5. The SMILES string of the molecule is CN(CCC1OC(CO)C(O)C(O)C1O)CC(O)CN1c2ccccc2Sc2ccc(C(F)(F)F)cc21. The van der Waals surface area contributed by atoms with E-state index in [1.807, 2.05) is 12.1 Å². The predicted octanol–water partition coefficient (Wildman–Crippen LogP) is 1.83. The standard InChI is InChI=1S/C25H31F3N2O6S/c1-29(9-8-18-22(33)24(35)23(34)19(13-31)36-18)11-15(32)12-30-16-4-2-3-5-20(16)37-21-7-6-14(10-17(21)30)25(26,27)28/h2-7,10,15,18-19,22-24,31-35H,8-9,11-13H2,1H3. The van der Waals surface area contributed by atoms with Crippen LogP contribution in [0.5, 0.6) is 0 Å². The van der Waals surface area contributed by atoms with Crippen LogP contribution in [0, 0.1) is 0 Å². The van der Waals surface area contributed by atoms with Crippen LogP contribution in [0.2, 0.25) is 0 Å². The normalized spacial score (nSPS) is 26.6. The Balaban J connectivity index is 1.43. The van der Waals surface area contributed by atoms with Crippen LogP contribution in [-0.2, 0) is 10.9 Å². The Kier molecular flexibility index (Phi) is 8.71. The Bertz CT molecular complexity index is 1070. The van der Waals surface area contributed by atoms with E-state index in [-0.39, 0.29) is 19.5 Å². The molecule has 2 aliphatic rings. The third kappa shape index (κ3) is 6.23. The molecule has 2 aromatic carbocycles. The van der Waals surface area contributed by atoms with Gasteiger partial charge in [-0.15, -0.1) is 0 Å². The highest BCUT2D eigenvalue weighted by Gasteiger charge is 2.43. The maximum atomic E-state index is 13.4. The molecule has 37 heavy (non-hydrogen) atoms. The average Bonchev–Trinajstić information content (AvgIpc) is 2.86. The van der Waals surface area contributed by atoms with Gasteiger partial charge in [0, 0.05) is 22.9 Å². The maximum absolute atomic E-state index is 13.4. The number of hydrogen-bond acceptors (Lipinski definition) is 9. The number of benzene rings is 2. The van der Waals surface area contributed by atoms with E-state index in [0.717, 1.165) is 17.0 Å². The van der Waals surface area contributed by atoms with E-state index in [1.165, 1.54) is 17.8 Å². The summed E-state index contributed by atoms with van der Waals surface area (Å²) in [6.07, 6.45) is -11.2. The Morgan fingerprint density at radius 1 is 1.00 bits per heavy atom. The van der Waals surface area contributed by atoms with Crippen LogP contribution in [0.15, 0.2) is 52.3 Å². The number of nitrogens with zero attached hydrogens (tertiary/aromatic N) is 2. The number of β-amino-alcohol motifs (C(OH)–C–C–N with tert-alkyl or cyclic N) is 1. The Labute approximate surface area is 216 Å². The molecule has 1 saturated heterocycles. The largest absolute Gasteiger partial charge is 0.416 e. The second-order valence-corrected chi connectivity index (χ2v) is 10.5. The van der Waals surface area contributed by atoms with Crippen molar-refractivity contribution in [3.63, 3.8) is 0 Å². The molecule has 5 N–H and O–H groups in total. The van der Waals surface area contributed by atoms with Gasteiger partial charge >= 0.3 is 6.18 Å². The lowest BCUT2D eigenvalue weighted by molar-refractivity contribution is -0.230. The summed E-state index contributed by atoms with van der Waals surface area (Å²) in [4.78, 5) is 5.02. The first-order valence-electron chi connectivity index (χ1n) is 11.9. The van der Waals surface area contributed by atoms with Gasteiger partial charge in [-0.2, -0.15) is 13.2 Å². The molecule has 0 radical (unpaired) electrons. The molecular formula is C25H31F3N2O6S. The van der Waals surface area contributed by atoms with Gasteiger partial charge in [0.2, 0.25) is 0 Å². The molecule has 2 aromatic rings. The number of alkyl halides is 3. The van der Waals surface area contributed by atoms with Gasteiger partial charge in [0.05, 0.1) is 42.3 Å². The molecule has 0 aliphatic carbocycles. The number of para-hydroxylation sites is 1. The maximum Gasteiger partial charge on any atom is 0.416 e. The van der Waals surface area contributed by atoms with E-state index in [0.29, 0.717) is 22.8 Å². The van der Waals surface area contributed by atoms with Crippen molar-refractivity contribution < 1.29 is 43.4 Å². The zero-order valence-electron chi connectivity index (χ0n) is 20.1. The van der Waals surface area contributed by atoms with Gasteiger partial charge in [0.15, 0.2) is 0 Å². The van der Waals surface area contributed by atoms with Crippen LogP contribution >= 0.6 is 11.8 Å². The summed E-state index contributed by atoms with van der Waals surface area (Å²) in [5, 5.41) is 50.4. The molecule has 1 fully saturated rings.